The fourth-order valence-electron chi connectivity index (χ4n) is 4.58. The number of allylic oxidation sites excluding steroid dienone is 2. The summed E-state index contributed by atoms with van der Waals surface area (Å²) in [5.74, 6) is 3.04. The van der Waals surface area contributed by atoms with Gasteiger partial charge in [-0.05, 0) is 67.1 Å². The van der Waals surface area contributed by atoms with Gasteiger partial charge < -0.3 is 4.90 Å². The number of aromatic nitrogens is 1. The molecule has 0 spiro atoms. The number of rotatable bonds is 3. The molecule has 0 unspecified atom stereocenters. The zero-order valence-electron chi connectivity index (χ0n) is 13.0. The SMILES string of the molecule is O=C(C[C@@H]1C[C@@H]2C=C[C@H]1C2)N1CCC(c2ccncc2)CC1. The Hall–Kier alpha value is -1.64. The molecule has 0 N–H and O–H groups in total. The fourth-order valence-corrected chi connectivity index (χ4v) is 4.58. The molecular weight excluding hydrogens is 272 g/mol. The third-order valence-electron chi connectivity index (χ3n) is 5.88. The van der Waals surface area contributed by atoms with Crippen LogP contribution >= 0.6 is 0 Å². The number of carbonyl (C=O) groups excluding carboxylic acids is 1. The van der Waals surface area contributed by atoms with Gasteiger partial charge in [0, 0.05) is 31.9 Å². The summed E-state index contributed by atoms with van der Waals surface area (Å²) in [5, 5.41) is 0. The molecule has 2 aliphatic carbocycles. The maximum atomic E-state index is 12.6. The van der Waals surface area contributed by atoms with Crippen LogP contribution in [-0.2, 0) is 4.79 Å². The van der Waals surface area contributed by atoms with E-state index in [0.29, 0.717) is 23.7 Å². The number of piperidine rings is 1. The number of amides is 1. The van der Waals surface area contributed by atoms with E-state index >= 15 is 0 Å². The summed E-state index contributed by atoms with van der Waals surface area (Å²) in [6.07, 6.45) is 13.9. The maximum absolute atomic E-state index is 12.6. The normalized spacial score (nSPS) is 30.9. The van der Waals surface area contributed by atoms with E-state index in [2.05, 4.69) is 34.2 Å². The summed E-state index contributed by atoms with van der Waals surface area (Å²) in [7, 11) is 0. The molecule has 0 radical (unpaired) electrons. The Bertz CT molecular complexity index is 560. The van der Waals surface area contributed by atoms with E-state index in [1.54, 1.807) is 0 Å². The number of likely N-dealkylation sites (tertiary alicyclic amines) is 1. The first kappa shape index (κ1) is 14.0. The Morgan fingerprint density at radius 2 is 1.91 bits per heavy atom. The zero-order chi connectivity index (χ0) is 14.9. The van der Waals surface area contributed by atoms with Crippen molar-refractivity contribution in [2.24, 2.45) is 17.8 Å². The summed E-state index contributed by atoms with van der Waals surface area (Å²) < 4.78 is 0. The molecule has 1 aliphatic heterocycles. The number of fused-ring (bicyclic) bond motifs is 2. The van der Waals surface area contributed by atoms with Gasteiger partial charge in [0.1, 0.15) is 0 Å². The van der Waals surface area contributed by atoms with Crippen molar-refractivity contribution in [1.82, 2.24) is 9.88 Å². The van der Waals surface area contributed by atoms with Crippen molar-refractivity contribution in [2.45, 2.75) is 38.0 Å². The first-order valence-corrected chi connectivity index (χ1v) is 8.65. The van der Waals surface area contributed by atoms with E-state index < -0.39 is 0 Å². The molecule has 3 nitrogen and oxygen atoms in total. The minimum Gasteiger partial charge on any atom is -0.343 e. The quantitative estimate of drug-likeness (QED) is 0.801. The van der Waals surface area contributed by atoms with E-state index in [1.165, 1.54) is 18.4 Å². The van der Waals surface area contributed by atoms with E-state index in [4.69, 9.17) is 0 Å². The van der Waals surface area contributed by atoms with Crippen molar-refractivity contribution in [3.63, 3.8) is 0 Å². The van der Waals surface area contributed by atoms with Crippen LogP contribution in [0.4, 0.5) is 0 Å². The molecule has 2 fully saturated rings. The topological polar surface area (TPSA) is 33.2 Å². The van der Waals surface area contributed by atoms with Gasteiger partial charge in [-0.25, -0.2) is 0 Å². The average molecular weight is 296 g/mol. The van der Waals surface area contributed by atoms with Gasteiger partial charge in [-0.3, -0.25) is 9.78 Å². The van der Waals surface area contributed by atoms with Gasteiger partial charge in [-0.1, -0.05) is 12.2 Å². The maximum Gasteiger partial charge on any atom is 0.222 e. The van der Waals surface area contributed by atoms with E-state index in [1.807, 2.05) is 12.4 Å². The number of hydrogen-bond acceptors (Lipinski definition) is 2. The molecule has 0 aromatic carbocycles. The molecule has 1 saturated heterocycles. The van der Waals surface area contributed by atoms with Crippen LogP contribution in [-0.4, -0.2) is 28.9 Å². The van der Waals surface area contributed by atoms with Crippen molar-refractivity contribution in [3.8, 4) is 0 Å². The minimum atomic E-state index is 0.388. The monoisotopic (exact) mass is 296 g/mol. The zero-order valence-corrected chi connectivity index (χ0v) is 13.0. The molecule has 1 saturated carbocycles. The van der Waals surface area contributed by atoms with Crippen LogP contribution in [0.2, 0.25) is 0 Å². The minimum absolute atomic E-state index is 0.388. The number of hydrogen-bond donors (Lipinski definition) is 0. The van der Waals surface area contributed by atoms with Crippen LogP contribution < -0.4 is 0 Å². The molecule has 1 aromatic rings. The number of nitrogens with zero attached hydrogens (tertiary/aromatic N) is 2. The molecule has 116 valence electrons. The van der Waals surface area contributed by atoms with Gasteiger partial charge in [0.05, 0.1) is 0 Å². The second-order valence-corrected chi connectivity index (χ2v) is 7.18. The Kier molecular flexibility index (Phi) is 3.73. The second kappa shape index (κ2) is 5.86. The van der Waals surface area contributed by atoms with Crippen molar-refractivity contribution < 1.29 is 4.79 Å². The lowest BCUT2D eigenvalue weighted by atomic mass is 9.88. The standard InChI is InChI=1S/C19H24N2O/c22-19(13-18-12-14-1-2-17(18)11-14)21-9-5-16(6-10-21)15-3-7-20-8-4-15/h1-4,7-8,14,16-18H,5-6,9-13H2/t14-,17+,18+/m1/s1. The molecule has 4 rings (SSSR count). The van der Waals surface area contributed by atoms with Crippen molar-refractivity contribution in [1.29, 1.82) is 0 Å². The summed E-state index contributed by atoms with van der Waals surface area (Å²) in [4.78, 5) is 18.8. The van der Waals surface area contributed by atoms with Gasteiger partial charge in [-0.2, -0.15) is 0 Å². The highest BCUT2D eigenvalue weighted by Crippen LogP contribution is 2.45. The molecule has 2 bridgehead atoms. The highest BCUT2D eigenvalue weighted by atomic mass is 16.2. The summed E-state index contributed by atoms with van der Waals surface area (Å²) in [5.41, 5.74) is 1.38. The van der Waals surface area contributed by atoms with Gasteiger partial charge in [-0.15, -0.1) is 0 Å². The van der Waals surface area contributed by atoms with E-state index in [-0.39, 0.29) is 0 Å². The Balaban J connectivity index is 1.30. The van der Waals surface area contributed by atoms with Gasteiger partial charge in [0.2, 0.25) is 5.91 Å². The smallest absolute Gasteiger partial charge is 0.222 e. The van der Waals surface area contributed by atoms with Crippen LogP contribution in [0.15, 0.2) is 36.7 Å². The lowest BCUT2D eigenvalue weighted by Crippen LogP contribution is -2.39. The summed E-state index contributed by atoms with van der Waals surface area (Å²) >= 11 is 0. The molecule has 3 heteroatoms. The van der Waals surface area contributed by atoms with Crippen molar-refractivity contribution in [3.05, 3.63) is 42.2 Å². The van der Waals surface area contributed by atoms with Crippen LogP contribution in [0.5, 0.6) is 0 Å². The third kappa shape index (κ3) is 2.69. The molecule has 22 heavy (non-hydrogen) atoms. The van der Waals surface area contributed by atoms with Crippen LogP contribution in [0, 0.1) is 17.8 Å². The van der Waals surface area contributed by atoms with Crippen LogP contribution in [0.1, 0.15) is 43.6 Å². The van der Waals surface area contributed by atoms with Crippen LogP contribution in [0.3, 0.4) is 0 Å². The highest BCUT2D eigenvalue weighted by molar-refractivity contribution is 5.76. The summed E-state index contributed by atoms with van der Waals surface area (Å²) in [6, 6.07) is 4.23. The number of carbonyl (C=O) groups is 1. The van der Waals surface area contributed by atoms with E-state index in [0.717, 1.165) is 38.3 Å². The predicted octanol–water partition coefficient (Wildman–Crippen LogP) is 3.39. The van der Waals surface area contributed by atoms with Gasteiger partial charge in [0.15, 0.2) is 0 Å². The van der Waals surface area contributed by atoms with Crippen molar-refractivity contribution >= 4 is 5.91 Å². The predicted molar refractivity (Wildman–Crippen MR) is 86.3 cm³/mol. The molecular formula is C19H24N2O. The molecule has 3 aliphatic rings. The third-order valence-corrected chi connectivity index (χ3v) is 5.88. The second-order valence-electron chi connectivity index (χ2n) is 7.18. The first-order valence-electron chi connectivity index (χ1n) is 8.65. The Morgan fingerprint density at radius 1 is 1.14 bits per heavy atom. The fraction of sp³-hybridized carbons (Fsp3) is 0.579. The number of pyridine rings is 1. The molecule has 2 heterocycles. The average Bonchev–Trinajstić information content (AvgIpc) is 3.19. The largest absolute Gasteiger partial charge is 0.343 e. The van der Waals surface area contributed by atoms with Crippen LogP contribution in [0.25, 0.3) is 0 Å². The molecule has 3 atom stereocenters. The Labute approximate surface area is 132 Å². The van der Waals surface area contributed by atoms with Gasteiger partial charge >= 0.3 is 0 Å². The van der Waals surface area contributed by atoms with Gasteiger partial charge in [0.25, 0.3) is 0 Å². The molecule has 1 aromatic heterocycles. The lowest BCUT2D eigenvalue weighted by Gasteiger charge is -2.33. The highest BCUT2D eigenvalue weighted by Gasteiger charge is 2.37. The Morgan fingerprint density at radius 3 is 2.55 bits per heavy atom. The first-order chi connectivity index (χ1) is 10.8. The molecule has 1 amide bonds. The van der Waals surface area contributed by atoms with Crippen molar-refractivity contribution in [2.75, 3.05) is 13.1 Å². The van der Waals surface area contributed by atoms with E-state index in [9.17, 15) is 4.79 Å². The lowest BCUT2D eigenvalue weighted by molar-refractivity contribution is -0.133. The summed E-state index contributed by atoms with van der Waals surface area (Å²) in [6.45, 7) is 1.84.